The van der Waals surface area contributed by atoms with Crippen molar-refractivity contribution in [3.8, 4) is 11.4 Å². The summed E-state index contributed by atoms with van der Waals surface area (Å²) in [6.07, 6.45) is 5.61. The first kappa shape index (κ1) is 23.0. The Labute approximate surface area is 203 Å². The normalized spacial score (nSPS) is 18.1. The van der Waals surface area contributed by atoms with Gasteiger partial charge in [-0.3, -0.25) is 14.3 Å². The monoisotopic (exact) mass is 498 g/mol. The van der Waals surface area contributed by atoms with Crippen molar-refractivity contribution in [3.05, 3.63) is 54.9 Å². The van der Waals surface area contributed by atoms with Gasteiger partial charge in [0.1, 0.15) is 0 Å². The van der Waals surface area contributed by atoms with Crippen molar-refractivity contribution in [2.24, 2.45) is 0 Å². The van der Waals surface area contributed by atoms with Crippen LogP contribution in [0.3, 0.4) is 0 Å². The van der Waals surface area contributed by atoms with Crippen LogP contribution >= 0.6 is 11.8 Å². The van der Waals surface area contributed by atoms with E-state index in [1.54, 1.807) is 47.6 Å². The molecule has 34 heavy (non-hydrogen) atoms. The number of amides is 1. The van der Waals surface area contributed by atoms with E-state index in [-0.39, 0.29) is 29.1 Å². The summed E-state index contributed by atoms with van der Waals surface area (Å²) in [5.74, 6) is 0.782. The van der Waals surface area contributed by atoms with Gasteiger partial charge >= 0.3 is 0 Å². The number of nitrogens with zero attached hydrogens (tertiary/aromatic N) is 6. The number of thioether (sulfide) groups is 1. The lowest BCUT2D eigenvalue weighted by Gasteiger charge is -2.35. The maximum absolute atomic E-state index is 13.2. The number of benzene rings is 1. The van der Waals surface area contributed by atoms with Crippen molar-refractivity contribution >= 4 is 27.7 Å². The molecule has 2 aromatic heterocycles. The van der Waals surface area contributed by atoms with E-state index in [0.29, 0.717) is 19.1 Å². The second-order valence-corrected chi connectivity index (χ2v) is 11.7. The molecule has 9 nitrogen and oxygen atoms in total. The van der Waals surface area contributed by atoms with Crippen molar-refractivity contribution in [2.75, 3.05) is 26.2 Å². The molecule has 0 radical (unpaired) electrons. The van der Waals surface area contributed by atoms with Gasteiger partial charge in [-0.2, -0.15) is 4.31 Å². The maximum atomic E-state index is 13.2. The van der Waals surface area contributed by atoms with E-state index < -0.39 is 10.0 Å². The molecular weight excluding hydrogens is 472 g/mol. The zero-order valence-electron chi connectivity index (χ0n) is 18.8. The van der Waals surface area contributed by atoms with Gasteiger partial charge in [-0.05, 0) is 44.0 Å². The quantitative estimate of drug-likeness (QED) is 0.462. The Morgan fingerprint density at radius 3 is 2.32 bits per heavy atom. The summed E-state index contributed by atoms with van der Waals surface area (Å²) in [4.78, 5) is 19.3. The van der Waals surface area contributed by atoms with Crippen molar-refractivity contribution in [2.45, 2.75) is 41.1 Å². The molecule has 3 aromatic rings. The predicted molar refractivity (Wildman–Crippen MR) is 129 cm³/mol. The molecule has 0 bridgehead atoms. The Kier molecular flexibility index (Phi) is 6.41. The third-order valence-electron chi connectivity index (χ3n) is 6.08. The summed E-state index contributed by atoms with van der Waals surface area (Å²) in [5.41, 5.74) is 0.955. The Morgan fingerprint density at radius 2 is 1.68 bits per heavy atom. The van der Waals surface area contributed by atoms with Crippen LogP contribution in [-0.2, 0) is 14.8 Å². The number of sulfonamides is 1. The average Bonchev–Trinajstić information content (AvgIpc) is 3.64. The summed E-state index contributed by atoms with van der Waals surface area (Å²) in [6, 6.07) is 12.6. The third kappa shape index (κ3) is 4.59. The van der Waals surface area contributed by atoms with Crippen LogP contribution < -0.4 is 0 Å². The van der Waals surface area contributed by atoms with E-state index in [1.807, 2.05) is 19.1 Å². The van der Waals surface area contributed by atoms with Gasteiger partial charge in [-0.25, -0.2) is 8.42 Å². The first-order valence-corrected chi connectivity index (χ1v) is 13.6. The van der Waals surface area contributed by atoms with Crippen LogP contribution in [0.2, 0.25) is 0 Å². The largest absolute Gasteiger partial charge is 0.339 e. The lowest BCUT2D eigenvalue weighted by atomic mass is 10.2. The lowest BCUT2D eigenvalue weighted by Crippen LogP contribution is -2.52. The van der Waals surface area contributed by atoms with Gasteiger partial charge in [0, 0.05) is 50.2 Å². The molecule has 1 aromatic carbocycles. The highest BCUT2D eigenvalue weighted by Crippen LogP contribution is 2.41. The molecule has 1 aliphatic carbocycles. The van der Waals surface area contributed by atoms with Gasteiger partial charge in [-0.1, -0.05) is 30.0 Å². The van der Waals surface area contributed by atoms with Crippen LogP contribution in [0, 0.1) is 0 Å². The zero-order valence-corrected chi connectivity index (χ0v) is 20.5. The van der Waals surface area contributed by atoms with Crippen molar-refractivity contribution < 1.29 is 13.2 Å². The number of hydrogen-bond acceptors (Lipinski definition) is 7. The number of piperazine rings is 1. The number of carbonyl (C=O) groups excluding carboxylic acids is 1. The number of hydrogen-bond donors (Lipinski definition) is 0. The summed E-state index contributed by atoms with van der Waals surface area (Å²) in [7, 11) is -3.55. The predicted octanol–water partition coefficient (Wildman–Crippen LogP) is 2.69. The van der Waals surface area contributed by atoms with E-state index >= 15 is 0 Å². The molecule has 1 atom stereocenters. The van der Waals surface area contributed by atoms with E-state index in [2.05, 4.69) is 19.7 Å². The number of rotatable bonds is 7. The highest BCUT2D eigenvalue weighted by atomic mass is 32.2. The molecule has 2 aliphatic rings. The molecule has 11 heteroatoms. The maximum Gasteiger partial charge on any atom is 0.243 e. The fraction of sp³-hybridized carbons (Fsp3) is 0.391. The van der Waals surface area contributed by atoms with Gasteiger partial charge in [0.25, 0.3) is 0 Å². The Morgan fingerprint density at radius 1 is 1.00 bits per heavy atom. The Bertz CT molecular complexity index is 1250. The van der Waals surface area contributed by atoms with E-state index in [9.17, 15) is 13.2 Å². The number of pyridine rings is 1. The molecule has 1 saturated heterocycles. The van der Waals surface area contributed by atoms with Gasteiger partial charge in [-0.15, -0.1) is 10.2 Å². The topological polar surface area (TPSA) is 101 Å². The second-order valence-electron chi connectivity index (χ2n) is 8.45. The average molecular weight is 499 g/mol. The summed E-state index contributed by atoms with van der Waals surface area (Å²) < 4.78 is 29.3. The minimum atomic E-state index is -3.55. The fourth-order valence-electron chi connectivity index (χ4n) is 4.07. The molecule has 2 fully saturated rings. The Hall–Kier alpha value is -2.76. The van der Waals surface area contributed by atoms with Crippen LogP contribution in [0.5, 0.6) is 0 Å². The molecule has 0 unspecified atom stereocenters. The van der Waals surface area contributed by atoms with Crippen LogP contribution in [0.15, 0.2) is 64.9 Å². The van der Waals surface area contributed by atoms with Crippen molar-refractivity contribution in [1.82, 2.24) is 29.0 Å². The highest BCUT2D eigenvalue weighted by Gasteiger charge is 2.34. The number of carbonyl (C=O) groups is 1. The van der Waals surface area contributed by atoms with Crippen molar-refractivity contribution in [3.63, 3.8) is 0 Å². The molecule has 0 N–H and O–H groups in total. The standard InChI is InChI=1S/C23H26N6O3S2/c1-17(33-23-26-25-21(29(23)19-7-8-19)18-9-11-24-12-10-18)22(30)27-13-15-28(16-14-27)34(31,32)20-5-3-2-4-6-20/h2-6,9-12,17,19H,7-8,13-16H2,1H3/t17-/m1/s1. The van der Waals surface area contributed by atoms with Crippen LogP contribution in [0.4, 0.5) is 0 Å². The van der Waals surface area contributed by atoms with E-state index in [4.69, 9.17) is 0 Å². The molecule has 1 aliphatic heterocycles. The zero-order chi connectivity index (χ0) is 23.7. The van der Waals surface area contributed by atoms with Gasteiger partial charge in [0.05, 0.1) is 10.1 Å². The van der Waals surface area contributed by atoms with E-state index in [1.165, 1.54) is 16.1 Å². The highest BCUT2D eigenvalue weighted by molar-refractivity contribution is 8.00. The second kappa shape index (κ2) is 9.47. The first-order valence-electron chi connectivity index (χ1n) is 11.3. The summed E-state index contributed by atoms with van der Waals surface area (Å²) >= 11 is 1.41. The molecule has 178 valence electrons. The van der Waals surface area contributed by atoms with E-state index in [0.717, 1.165) is 29.4 Å². The van der Waals surface area contributed by atoms with Crippen molar-refractivity contribution in [1.29, 1.82) is 0 Å². The SMILES string of the molecule is C[C@@H](Sc1nnc(-c2ccncc2)n1C1CC1)C(=O)N1CCN(S(=O)(=O)c2ccccc2)CC1. The molecule has 1 saturated carbocycles. The molecular formula is C23H26N6O3S2. The summed E-state index contributed by atoms with van der Waals surface area (Å²) in [6.45, 7) is 3.18. The van der Waals surface area contributed by atoms with Gasteiger partial charge in [0.2, 0.25) is 15.9 Å². The Balaban J connectivity index is 1.24. The van der Waals surface area contributed by atoms with Crippen LogP contribution in [-0.4, -0.2) is 74.7 Å². The van der Waals surface area contributed by atoms with Gasteiger partial charge in [0.15, 0.2) is 11.0 Å². The van der Waals surface area contributed by atoms with Gasteiger partial charge < -0.3 is 4.90 Å². The fourth-order valence-corrected chi connectivity index (χ4v) is 6.52. The smallest absolute Gasteiger partial charge is 0.243 e. The molecule has 5 rings (SSSR count). The molecule has 0 spiro atoms. The lowest BCUT2D eigenvalue weighted by molar-refractivity contribution is -0.131. The third-order valence-corrected chi connectivity index (χ3v) is 9.03. The molecule has 1 amide bonds. The first-order chi connectivity index (χ1) is 16.4. The number of aromatic nitrogens is 4. The molecule has 3 heterocycles. The summed E-state index contributed by atoms with van der Waals surface area (Å²) in [5, 5.41) is 9.18. The van der Waals surface area contributed by atoms with Crippen LogP contribution in [0.1, 0.15) is 25.8 Å². The minimum absolute atomic E-state index is 0.0161. The minimum Gasteiger partial charge on any atom is -0.339 e. The van der Waals surface area contributed by atoms with Crippen LogP contribution in [0.25, 0.3) is 11.4 Å².